The lowest BCUT2D eigenvalue weighted by atomic mass is 10.1. The van der Waals surface area contributed by atoms with Crippen LogP contribution in [0.15, 0.2) is 48.8 Å². The molecule has 1 amide bonds. The molecule has 0 spiro atoms. The molecular formula is C23H25ClN6O2. The molecule has 4 rings (SSSR count). The third-order valence-corrected chi connectivity index (χ3v) is 5.51. The summed E-state index contributed by atoms with van der Waals surface area (Å²) in [4.78, 5) is 26.7. The molecule has 1 aliphatic rings. The number of anilines is 4. The number of carbonyl (C=O) groups is 1. The van der Waals surface area contributed by atoms with Crippen molar-refractivity contribution < 1.29 is 9.53 Å². The summed E-state index contributed by atoms with van der Waals surface area (Å²) in [5.74, 6) is 1.75. The van der Waals surface area contributed by atoms with Crippen molar-refractivity contribution in [2.45, 2.75) is 32.8 Å². The molecule has 0 saturated carbocycles. The van der Waals surface area contributed by atoms with Crippen LogP contribution in [0.5, 0.6) is 5.75 Å². The number of piperidine rings is 1. The second-order valence-electron chi connectivity index (χ2n) is 7.66. The highest BCUT2D eigenvalue weighted by atomic mass is 35.5. The van der Waals surface area contributed by atoms with Crippen LogP contribution in [0.25, 0.3) is 0 Å². The zero-order valence-corrected chi connectivity index (χ0v) is 18.8. The van der Waals surface area contributed by atoms with Crippen molar-refractivity contribution in [3.63, 3.8) is 0 Å². The van der Waals surface area contributed by atoms with Gasteiger partial charge in [-0.15, -0.1) is 0 Å². The highest BCUT2D eigenvalue weighted by Gasteiger charge is 2.23. The van der Waals surface area contributed by atoms with E-state index in [4.69, 9.17) is 16.3 Å². The van der Waals surface area contributed by atoms with Crippen molar-refractivity contribution >= 4 is 40.8 Å². The van der Waals surface area contributed by atoms with Gasteiger partial charge in [-0.3, -0.25) is 4.79 Å². The Morgan fingerprint density at radius 1 is 1.12 bits per heavy atom. The normalized spacial score (nSPS) is 14.2. The predicted octanol–water partition coefficient (Wildman–Crippen LogP) is 4.58. The largest absolute Gasteiger partial charge is 0.490 e. The van der Waals surface area contributed by atoms with Gasteiger partial charge in [0.05, 0.1) is 0 Å². The van der Waals surface area contributed by atoms with Gasteiger partial charge in [-0.25, -0.2) is 9.97 Å². The van der Waals surface area contributed by atoms with E-state index in [0.717, 1.165) is 48.6 Å². The van der Waals surface area contributed by atoms with Gasteiger partial charge in [-0.05, 0) is 42.8 Å². The number of hydrogen-bond donors (Lipinski definition) is 2. The minimum atomic E-state index is -0.115. The summed E-state index contributed by atoms with van der Waals surface area (Å²) in [6.45, 7) is 4.98. The van der Waals surface area contributed by atoms with Crippen LogP contribution in [0.4, 0.5) is 23.3 Å². The zero-order valence-electron chi connectivity index (χ0n) is 18.0. The van der Waals surface area contributed by atoms with E-state index in [1.54, 1.807) is 0 Å². The van der Waals surface area contributed by atoms with Gasteiger partial charge in [0.2, 0.25) is 17.8 Å². The average molecular weight is 453 g/mol. The predicted molar refractivity (Wildman–Crippen MR) is 126 cm³/mol. The highest BCUT2D eigenvalue weighted by molar-refractivity contribution is 6.30. The molecule has 2 aromatic carbocycles. The molecule has 32 heavy (non-hydrogen) atoms. The van der Waals surface area contributed by atoms with Gasteiger partial charge < -0.3 is 20.3 Å². The summed E-state index contributed by atoms with van der Waals surface area (Å²) in [7, 11) is 0. The monoisotopic (exact) mass is 452 g/mol. The molecule has 8 nitrogen and oxygen atoms in total. The maximum atomic E-state index is 11.4. The summed E-state index contributed by atoms with van der Waals surface area (Å²) in [6.07, 6.45) is 3.35. The molecule has 1 aliphatic heterocycles. The van der Waals surface area contributed by atoms with Crippen molar-refractivity contribution in [3.05, 3.63) is 59.4 Å². The number of benzene rings is 2. The van der Waals surface area contributed by atoms with Gasteiger partial charge in [-0.1, -0.05) is 23.7 Å². The minimum absolute atomic E-state index is 0.115. The number of hydrogen-bond acceptors (Lipinski definition) is 7. The van der Waals surface area contributed by atoms with Crippen molar-refractivity contribution in [2.75, 3.05) is 28.6 Å². The third-order valence-electron chi connectivity index (χ3n) is 5.27. The Bertz CT molecular complexity index is 1100. The minimum Gasteiger partial charge on any atom is -0.490 e. The SMILES string of the molecule is CC(=O)Nc1cccc(Nc2ncnc(N3CCC(Oc4cccc(Cl)c4)CC3)n2)c1C. The molecular weight excluding hydrogens is 428 g/mol. The molecule has 0 unspecified atom stereocenters. The number of nitrogens with zero attached hydrogens (tertiary/aromatic N) is 4. The second kappa shape index (κ2) is 9.82. The highest BCUT2D eigenvalue weighted by Crippen LogP contribution is 2.27. The Labute approximate surface area is 192 Å². The first-order valence-corrected chi connectivity index (χ1v) is 10.9. The van der Waals surface area contributed by atoms with Gasteiger partial charge in [0.25, 0.3) is 0 Å². The summed E-state index contributed by atoms with van der Waals surface area (Å²) in [5, 5.41) is 6.73. The van der Waals surface area contributed by atoms with Crippen LogP contribution >= 0.6 is 11.6 Å². The van der Waals surface area contributed by atoms with Crippen molar-refractivity contribution in [1.29, 1.82) is 0 Å². The first-order valence-electron chi connectivity index (χ1n) is 10.5. The van der Waals surface area contributed by atoms with E-state index in [-0.39, 0.29) is 12.0 Å². The smallest absolute Gasteiger partial charge is 0.232 e. The van der Waals surface area contributed by atoms with E-state index in [1.165, 1.54) is 13.3 Å². The van der Waals surface area contributed by atoms with Crippen LogP contribution in [0, 0.1) is 6.92 Å². The Hall–Kier alpha value is -3.39. The zero-order chi connectivity index (χ0) is 22.5. The molecule has 0 atom stereocenters. The van der Waals surface area contributed by atoms with Gasteiger partial charge in [0.15, 0.2) is 0 Å². The van der Waals surface area contributed by atoms with Crippen LogP contribution in [0.2, 0.25) is 5.02 Å². The molecule has 1 aromatic heterocycles. The molecule has 1 fully saturated rings. The molecule has 0 bridgehead atoms. The first kappa shape index (κ1) is 21.8. The van der Waals surface area contributed by atoms with Gasteiger partial charge in [0, 0.05) is 49.3 Å². The molecule has 2 heterocycles. The molecule has 2 N–H and O–H groups in total. The second-order valence-corrected chi connectivity index (χ2v) is 8.09. The van der Waals surface area contributed by atoms with E-state index >= 15 is 0 Å². The average Bonchev–Trinajstić information content (AvgIpc) is 2.77. The molecule has 0 aliphatic carbocycles. The quantitative estimate of drug-likeness (QED) is 0.565. The van der Waals surface area contributed by atoms with Crippen LogP contribution in [-0.4, -0.2) is 40.1 Å². The Morgan fingerprint density at radius 3 is 2.62 bits per heavy atom. The van der Waals surface area contributed by atoms with Crippen molar-refractivity contribution in [1.82, 2.24) is 15.0 Å². The Balaban J connectivity index is 1.39. The number of amides is 1. The number of rotatable bonds is 6. The summed E-state index contributed by atoms with van der Waals surface area (Å²) < 4.78 is 6.07. The van der Waals surface area contributed by atoms with Gasteiger partial charge in [0.1, 0.15) is 18.2 Å². The Morgan fingerprint density at radius 2 is 1.88 bits per heavy atom. The fourth-order valence-corrected chi connectivity index (χ4v) is 3.80. The van der Waals surface area contributed by atoms with Crippen molar-refractivity contribution in [2.24, 2.45) is 0 Å². The fraction of sp³-hybridized carbons (Fsp3) is 0.304. The van der Waals surface area contributed by atoms with Crippen LogP contribution in [0.3, 0.4) is 0 Å². The van der Waals surface area contributed by atoms with E-state index < -0.39 is 0 Å². The van der Waals surface area contributed by atoms with E-state index in [0.29, 0.717) is 16.9 Å². The topological polar surface area (TPSA) is 92.3 Å². The van der Waals surface area contributed by atoms with E-state index in [1.807, 2.05) is 49.4 Å². The number of halogens is 1. The number of ether oxygens (including phenoxy) is 1. The third kappa shape index (κ3) is 5.45. The lowest BCUT2D eigenvalue weighted by Crippen LogP contribution is -2.39. The number of aromatic nitrogens is 3. The van der Waals surface area contributed by atoms with Gasteiger partial charge >= 0.3 is 0 Å². The van der Waals surface area contributed by atoms with Crippen molar-refractivity contribution in [3.8, 4) is 5.75 Å². The maximum absolute atomic E-state index is 11.4. The lowest BCUT2D eigenvalue weighted by Gasteiger charge is -2.32. The first-order chi connectivity index (χ1) is 15.5. The summed E-state index contributed by atoms with van der Waals surface area (Å²) in [6, 6.07) is 13.1. The molecule has 9 heteroatoms. The lowest BCUT2D eigenvalue weighted by molar-refractivity contribution is -0.114. The standard InChI is InChI=1S/C23H25ClN6O2/c1-15-20(27-16(2)31)7-4-8-21(15)28-22-25-14-26-23(29-22)30-11-9-18(10-12-30)32-19-6-3-5-17(24)13-19/h3-8,13-14,18H,9-12H2,1-2H3,(H,27,31)(H,25,26,28,29). The van der Waals surface area contributed by atoms with Crippen LogP contribution < -0.4 is 20.3 Å². The molecule has 166 valence electrons. The summed E-state index contributed by atoms with van der Waals surface area (Å²) >= 11 is 6.04. The maximum Gasteiger partial charge on any atom is 0.232 e. The Kier molecular flexibility index (Phi) is 6.70. The number of nitrogens with one attached hydrogen (secondary N) is 2. The van der Waals surface area contributed by atoms with Crippen LogP contribution in [-0.2, 0) is 4.79 Å². The summed E-state index contributed by atoms with van der Waals surface area (Å²) in [5.41, 5.74) is 2.48. The molecule has 1 saturated heterocycles. The molecule has 3 aromatic rings. The van der Waals surface area contributed by atoms with E-state index in [2.05, 4.69) is 30.5 Å². The van der Waals surface area contributed by atoms with Crippen LogP contribution in [0.1, 0.15) is 25.3 Å². The van der Waals surface area contributed by atoms with E-state index in [9.17, 15) is 4.79 Å². The number of carbonyl (C=O) groups excluding carboxylic acids is 1. The van der Waals surface area contributed by atoms with Gasteiger partial charge in [-0.2, -0.15) is 4.98 Å². The fourth-order valence-electron chi connectivity index (χ4n) is 3.62. The molecule has 0 radical (unpaired) electrons.